The summed E-state index contributed by atoms with van der Waals surface area (Å²) in [7, 11) is 0. The number of imide groups is 1. The van der Waals surface area contributed by atoms with E-state index in [9.17, 15) is 18.8 Å². The van der Waals surface area contributed by atoms with Gasteiger partial charge in [0.15, 0.2) is 0 Å². The summed E-state index contributed by atoms with van der Waals surface area (Å²) in [6, 6.07) is 10.6. The molecule has 170 valence electrons. The van der Waals surface area contributed by atoms with E-state index >= 15 is 0 Å². The zero-order valence-electron chi connectivity index (χ0n) is 18.1. The number of carbonyl (C=O) groups is 3. The average Bonchev–Trinajstić information content (AvgIpc) is 3.01. The highest BCUT2D eigenvalue weighted by molar-refractivity contribution is 6.07. The van der Waals surface area contributed by atoms with E-state index in [-0.39, 0.29) is 12.8 Å². The molecule has 9 heteroatoms. The van der Waals surface area contributed by atoms with E-state index in [1.54, 1.807) is 45.0 Å². The van der Waals surface area contributed by atoms with Crippen molar-refractivity contribution in [1.29, 1.82) is 0 Å². The Balaban J connectivity index is 1.68. The van der Waals surface area contributed by atoms with Gasteiger partial charge in [-0.3, -0.25) is 14.8 Å². The van der Waals surface area contributed by atoms with Crippen molar-refractivity contribution in [3.05, 3.63) is 59.9 Å². The van der Waals surface area contributed by atoms with Crippen molar-refractivity contribution >= 4 is 17.8 Å². The molecule has 1 aliphatic heterocycles. The number of halogens is 1. The fourth-order valence-electron chi connectivity index (χ4n) is 3.67. The second-order valence-corrected chi connectivity index (χ2v) is 8.66. The highest BCUT2D eigenvalue weighted by Crippen LogP contribution is 2.29. The molecule has 0 spiro atoms. The maximum Gasteiger partial charge on any atom is 0.325 e. The van der Waals surface area contributed by atoms with Gasteiger partial charge in [-0.2, -0.15) is 0 Å². The first kappa shape index (κ1) is 23.2. The number of hydroxylamine groups is 1. The second kappa shape index (κ2) is 9.35. The number of aryl methyl sites for hydroxylation is 1. The molecule has 0 radical (unpaired) electrons. The number of hydrogen-bond acceptors (Lipinski definition) is 5. The van der Waals surface area contributed by atoms with Gasteiger partial charge in [0.05, 0.1) is 0 Å². The number of ether oxygens (including phenoxy) is 1. The quantitative estimate of drug-likeness (QED) is 0.345. The molecule has 0 saturated carbocycles. The van der Waals surface area contributed by atoms with Crippen LogP contribution < -0.4 is 15.5 Å². The molecule has 1 saturated heterocycles. The Kier molecular flexibility index (Phi) is 6.78. The highest BCUT2D eigenvalue weighted by Gasteiger charge is 2.48. The number of para-hydroxylation sites is 1. The van der Waals surface area contributed by atoms with Gasteiger partial charge in [-0.1, -0.05) is 45.0 Å². The number of urea groups is 1. The molecule has 32 heavy (non-hydrogen) atoms. The van der Waals surface area contributed by atoms with E-state index in [2.05, 4.69) is 5.32 Å². The summed E-state index contributed by atoms with van der Waals surface area (Å²) in [5.74, 6) is -1.01. The summed E-state index contributed by atoms with van der Waals surface area (Å²) in [5, 5.41) is 11.6. The predicted molar refractivity (Wildman–Crippen MR) is 114 cm³/mol. The summed E-state index contributed by atoms with van der Waals surface area (Å²) < 4.78 is 20.2. The molecule has 1 aliphatic rings. The van der Waals surface area contributed by atoms with E-state index in [4.69, 9.17) is 9.94 Å². The minimum atomic E-state index is -1.20. The smallest absolute Gasteiger partial charge is 0.325 e. The Labute approximate surface area is 185 Å². The molecule has 0 aromatic heterocycles. The van der Waals surface area contributed by atoms with Gasteiger partial charge in [-0.05, 0) is 42.0 Å². The number of carbonyl (C=O) groups excluding carboxylic acids is 3. The number of benzene rings is 2. The average molecular weight is 443 g/mol. The third kappa shape index (κ3) is 5.05. The van der Waals surface area contributed by atoms with Gasteiger partial charge >= 0.3 is 6.03 Å². The van der Waals surface area contributed by atoms with Crippen molar-refractivity contribution in [1.82, 2.24) is 15.7 Å². The third-order valence-corrected chi connectivity index (χ3v) is 5.19. The lowest BCUT2D eigenvalue weighted by Crippen LogP contribution is -2.55. The largest absolute Gasteiger partial charge is 0.457 e. The maximum absolute atomic E-state index is 14.6. The van der Waals surface area contributed by atoms with Crippen molar-refractivity contribution in [2.24, 2.45) is 5.41 Å². The molecule has 0 bridgehead atoms. The van der Waals surface area contributed by atoms with Crippen LogP contribution in [0.25, 0.3) is 0 Å². The van der Waals surface area contributed by atoms with E-state index in [0.717, 1.165) is 4.90 Å². The van der Waals surface area contributed by atoms with Crippen LogP contribution in [0.15, 0.2) is 48.5 Å². The van der Waals surface area contributed by atoms with Gasteiger partial charge in [0.2, 0.25) is 0 Å². The normalized spacial score (nSPS) is 17.2. The zero-order chi connectivity index (χ0) is 23.5. The molecule has 2 atom stereocenters. The fraction of sp³-hybridized carbons (Fsp3) is 0.348. The Morgan fingerprint density at radius 1 is 1.19 bits per heavy atom. The highest BCUT2D eigenvalue weighted by atomic mass is 19.1. The summed E-state index contributed by atoms with van der Waals surface area (Å²) in [5.41, 5.74) is 1.07. The van der Waals surface area contributed by atoms with Crippen LogP contribution in [-0.4, -0.2) is 40.0 Å². The topological polar surface area (TPSA) is 108 Å². The molecule has 8 nitrogen and oxygen atoms in total. The lowest BCUT2D eigenvalue weighted by Gasteiger charge is -2.34. The molecule has 3 rings (SSSR count). The summed E-state index contributed by atoms with van der Waals surface area (Å²) in [6.07, 6.45) is 0.336. The van der Waals surface area contributed by atoms with Crippen LogP contribution in [0.1, 0.15) is 32.8 Å². The van der Waals surface area contributed by atoms with E-state index in [1.807, 2.05) is 18.2 Å². The van der Waals surface area contributed by atoms with Gasteiger partial charge in [0.25, 0.3) is 11.8 Å². The lowest BCUT2D eigenvalue weighted by molar-refractivity contribution is -0.144. The van der Waals surface area contributed by atoms with Crippen molar-refractivity contribution in [2.45, 2.75) is 45.7 Å². The number of nitrogens with one attached hydrogen (secondary N) is 2. The Morgan fingerprint density at radius 3 is 2.47 bits per heavy atom. The Hall–Kier alpha value is -3.46. The maximum atomic E-state index is 14.6. The van der Waals surface area contributed by atoms with Crippen LogP contribution in [0.4, 0.5) is 9.18 Å². The van der Waals surface area contributed by atoms with Crippen LogP contribution in [-0.2, 0) is 16.0 Å². The molecular weight excluding hydrogens is 417 g/mol. The van der Waals surface area contributed by atoms with Crippen LogP contribution in [0.5, 0.6) is 11.5 Å². The van der Waals surface area contributed by atoms with E-state index in [0.29, 0.717) is 17.1 Å². The van der Waals surface area contributed by atoms with Crippen LogP contribution in [0.2, 0.25) is 0 Å². The SMILES string of the molecule is CC(C)(C)C(C(=O)NO)N1C(=O)NC(CCc2ccc(Oc3ccccc3)cc2F)C1=O. The minimum Gasteiger partial charge on any atom is -0.457 e. The van der Waals surface area contributed by atoms with Crippen molar-refractivity contribution in [3.8, 4) is 11.5 Å². The molecule has 3 N–H and O–H groups in total. The van der Waals surface area contributed by atoms with Crippen LogP contribution in [0.3, 0.4) is 0 Å². The molecule has 1 fully saturated rings. The molecule has 2 aromatic carbocycles. The summed E-state index contributed by atoms with van der Waals surface area (Å²) in [4.78, 5) is 38.3. The van der Waals surface area contributed by atoms with Gasteiger partial charge in [-0.15, -0.1) is 0 Å². The number of nitrogens with zero attached hydrogens (tertiary/aromatic N) is 1. The van der Waals surface area contributed by atoms with Crippen molar-refractivity contribution in [2.75, 3.05) is 0 Å². The Bertz CT molecular complexity index is 1010. The molecule has 2 unspecified atom stereocenters. The van der Waals surface area contributed by atoms with Gasteiger partial charge in [0, 0.05) is 6.07 Å². The first-order chi connectivity index (χ1) is 15.1. The van der Waals surface area contributed by atoms with Crippen LogP contribution >= 0.6 is 0 Å². The van der Waals surface area contributed by atoms with Crippen LogP contribution in [0, 0.1) is 11.2 Å². The zero-order valence-corrected chi connectivity index (χ0v) is 18.1. The second-order valence-electron chi connectivity index (χ2n) is 8.66. The molecular formula is C23H26FN3O5. The van der Waals surface area contributed by atoms with Crippen molar-refractivity contribution in [3.63, 3.8) is 0 Å². The van der Waals surface area contributed by atoms with Gasteiger partial charge in [0.1, 0.15) is 29.4 Å². The minimum absolute atomic E-state index is 0.147. The molecule has 2 aromatic rings. The first-order valence-corrected chi connectivity index (χ1v) is 10.2. The van der Waals surface area contributed by atoms with E-state index in [1.165, 1.54) is 11.5 Å². The monoisotopic (exact) mass is 443 g/mol. The third-order valence-electron chi connectivity index (χ3n) is 5.19. The van der Waals surface area contributed by atoms with E-state index < -0.39 is 41.2 Å². The lowest BCUT2D eigenvalue weighted by atomic mass is 9.85. The molecule has 4 amide bonds. The first-order valence-electron chi connectivity index (χ1n) is 10.2. The van der Waals surface area contributed by atoms with Gasteiger partial charge in [-0.25, -0.2) is 19.6 Å². The number of amides is 4. The number of hydrogen-bond donors (Lipinski definition) is 3. The predicted octanol–water partition coefficient (Wildman–Crippen LogP) is 3.39. The standard InChI is InChI=1S/C23H26FN3O5/c1-23(2,3)19(20(28)26-31)27-21(29)18(25-22(27)30)12-10-14-9-11-16(13-17(14)24)32-15-7-5-4-6-8-15/h4-9,11,13,18-19,31H,10,12H2,1-3H3,(H,25,30)(H,26,28). The van der Waals surface area contributed by atoms with Crippen molar-refractivity contribution < 1.29 is 28.7 Å². The molecule has 0 aliphatic carbocycles. The summed E-state index contributed by atoms with van der Waals surface area (Å²) in [6.45, 7) is 5.03. The fourth-order valence-corrected chi connectivity index (χ4v) is 3.67. The summed E-state index contributed by atoms with van der Waals surface area (Å²) >= 11 is 0. The Morgan fingerprint density at radius 2 is 1.88 bits per heavy atom. The number of rotatable bonds is 7. The van der Waals surface area contributed by atoms with Gasteiger partial charge < -0.3 is 10.1 Å². The molecule has 1 heterocycles.